The minimum Gasteiger partial charge on any atom is -0.489 e. The zero-order chi connectivity index (χ0) is 48.5. The number of carbonyl (C=O) groups is 1. The van der Waals surface area contributed by atoms with Crippen molar-refractivity contribution in [3.05, 3.63) is 99.5 Å². The zero-order valence-electron chi connectivity index (χ0n) is 39.5. The molecule has 0 bridgehead atoms. The predicted octanol–water partition coefficient (Wildman–Crippen LogP) is 9.15. The van der Waals surface area contributed by atoms with Crippen LogP contribution in [0.2, 0.25) is 0 Å². The molecule has 2 aromatic heterocycles. The first-order valence-corrected chi connectivity index (χ1v) is 26.4. The third-order valence-corrected chi connectivity index (χ3v) is 17.4. The zero-order valence-corrected chi connectivity index (χ0v) is 40.4. The number of halogens is 1. The average molecular weight is 978 g/mol. The Morgan fingerprint density at radius 1 is 1.00 bits per heavy atom. The van der Waals surface area contributed by atoms with Gasteiger partial charge in [-0.05, 0) is 124 Å². The highest BCUT2D eigenvalue weighted by molar-refractivity contribution is 7.90. The molecule has 3 saturated carbocycles. The second kappa shape index (κ2) is 18.0. The molecule has 18 heteroatoms. The minimum absolute atomic E-state index is 0.00547. The summed E-state index contributed by atoms with van der Waals surface area (Å²) < 4.78 is 63.4. The molecular formula is C52H60FN7O9S. The number of aromatic nitrogens is 2. The maximum atomic E-state index is 14.9. The predicted molar refractivity (Wildman–Crippen MR) is 261 cm³/mol. The van der Waals surface area contributed by atoms with Crippen LogP contribution >= 0.6 is 0 Å². The van der Waals surface area contributed by atoms with Crippen molar-refractivity contribution in [2.75, 3.05) is 49.6 Å². The Morgan fingerprint density at radius 2 is 1.76 bits per heavy atom. The Morgan fingerprint density at radius 3 is 2.49 bits per heavy atom. The lowest BCUT2D eigenvalue weighted by Gasteiger charge is -2.57. The van der Waals surface area contributed by atoms with Crippen LogP contribution in [-0.2, 0) is 10.0 Å². The molecule has 370 valence electrons. The van der Waals surface area contributed by atoms with Crippen molar-refractivity contribution in [2.24, 2.45) is 11.3 Å². The number of hydrogen-bond donors (Lipinski definition) is 4. The van der Waals surface area contributed by atoms with Gasteiger partial charge in [-0.25, -0.2) is 17.5 Å². The third-order valence-electron chi connectivity index (χ3n) is 16.1. The number of amides is 1. The summed E-state index contributed by atoms with van der Waals surface area (Å²) in [5.41, 5.74) is 2.92. The number of nitrogens with one attached hydrogen (secondary N) is 3. The minimum atomic E-state index is -4.75. The van der Waals surface area contributed by atoms with Crippen LogP contribution in [0.5, 0.6) is 23.1 Å². The van der Waals surface area contributed by atoms with Gasteiger partial charge >= 0.3 is 0 Å². The number of benzene rings is 3. The number of nitro groups is 1. The summed E-state index contributed by atoms with van der Waals surface area (Å²) in [5, 5.41) is 26.3. The molecule has 1 unspecified atom stereocenters. The van der Waals surface area contributed by atoms with Crippen molar-refractivity contribution >= 4 is 44.0 Å². The summed E-state index contributed by atoms with van der Waals surface area (Å²) in [6.07, 6.45) is 12.0. The van der Waals surface area contributed by atoms with Gasteiger partial charge < -0.3 is 34.5 Å². The first-order chi connectivity index (χ1) is 33.7. The molecule has 1 amide bonds. The number of fused-ring (bicyclic) bond motifs is 2. The molecule has 3 aromatic carbocycles. The Labute approximate surface area is 406 Å². The second-order valence-corrected chi connectivity index (χ2v) is 22.5. The van der Waals surface area contributed by atoms with Gasteiger partial charge in [0.25, 0.3) is 27.5 Å². The van der Waals surface area contributed by atoms with Crippen LogP contribution in [-0.4, -0.2) is 96.3 Å². The topological polar surface area (TPSA) is 201 Å². The molecule has 70 heavy (non-hydrogen) atoms. The van der Waals surface area contributed by atoms with Crippen molar-refractivity contribution in [3.8, 4) is 23.1 Å². The fraction of sp³-hybridized carbons (Fsp3) is 0.500. The highest BCUT2D eigenvalue weighted by Gasteiger charge is 2.50. The van der Waals surface area contributed by atoms with E-state index in [0.717, 1.165) is 56.7 Å². The summed E-state index contributed by atoms with van der Waals surface area (Å²) >= 11 is 0. The number of rotatable bonds is 13. The Bertz CT molecular complexity index is 2950. The number of piperidine rings is 1. The van der Waals surface area contributed by atoms with Crippen molar-refractivity contribution in [1.29, 1.82) is 0 Å². The number of aliphatic hydroxyl groups is 1. The molecule has 5 fully saturated rings. The lowest BCUT2D eigenvalue weighted by atomic mass is 9.70. The molecule has 6 aliphatic rings. The summed E-state index contributed by atoms with van der Waals surface area (Å²) in [6.45, 7) is 7.54. The van der Waals surface area contributed by atoms with Gasteiger partial charge in [0.05, 0.1) is 39.0 Å². The van der Waals surface area contributed by atoms with Gasteiger partial charge in [0, 0.05) is 68.4 Å². The SMILES string of the molecule is CCOc1nc2[nH]cc(F)c2cc1Oc1cc(N2CCC3(CC2)CN(C2CCC[C@@H]2c2ccccc2C2CC2)C3)ccc1C(=O)NS(=O)(=O)c1cc2c(c([N+](=O)[O-])c1)N[C@@H](C1CCC(C)(O)CC1)CO2. The summed E-state index contributed by atoms with van der Waals surface area (Å²) in [7, 11) is -4.75. The summed E-state index contributed by atoms with van der Waals surface area (Å²) in [6, 6.07) is 17.8. The van der Waals surface area contributed by atoms with E-state index in [1.807, 2.05) is 0 Å². The maximum Gasteiger partial charge on any atom is 0.297 e. The van der Waals surface area contributed by atoms with E-state index in [1.165, 1.54) is 56.5 Å². The number of pyridine rings is 1. The molecule has 4 N–H and O–H groups in total. The van der Waals surface area contributed by atoms with Crippen LogP contribution in [0.3, 0.4) is 0 Å². The average Bonchev–Trinajstić information content (AvgIpc) is 3.97. The number of nitrogens with zero attached hydrogens (tertiary/aromatic N) is 4. The van der Waals surface area contributed by atoms with E-state index < -0.39 is 42.9 Å². The lowest BCUT2D eigenvalue weighted by Crippen LogP contribution is -2.63. The van der Waals surface area contributed by atoms with Crippen LogP contribution in [0.25, 0.3) is 11.0 Å². The van der Waals surface area contributed by atoms with Crippen molar-refractivity contribution < 1.29 is 41.8 Å². The molecule has 3 atom stereocenters. The van der Waals surface area contributed by atoms with Crippen LogP contribution in [0, 0.1) is 27.3 Å². The molecule has 16 nitrogen and oxygen atoms in total. The second-order valence-electron chi connectivity index (χ2n) is 20.8. The van der Waals surface area contributed by atoms with E-state index >= 15 is 0 Å². The first-order valence-electron chi connectivity index (χ1n) is 24.9. The van der Waals surface area contributed by atoms with Crippen molar-refractivity contribution in [3.63, 3.8) is 0 Å². The number of sulfonamides is 1. The molecule has 3 aliphatic carbocycles. The van der Waals surface area contributed by atoms with E-state index in [9.17, 15) is 32.8 Å². The normalized spacial score (nSPS) is 25.4. The summed E-state index contributed by atoms with van der Waals surface area (Å²) in [4.78, 5) is 37.7. The number of aromatic amines is 1. The van der Waals surface area contributed by atoms with Gasteiger partial charge in [-0.1, -0.05) is 30.7 Å². The van der Waals surface area contributed by atoms with Gasteiger partial charge in [-0.3, -0.25) is 19.8 Å². The van der Waals surface area contributed by atoms with Crippen LogP contribution in [0.1, 0.15) is 118 Å². The maximum absolute atomic E-state index is 14.9. The van der Waals surface area contributed by atoms with E-state index in [0.29, 0.717) is 37.6 Å². The third kappa shape index (κ3) is 8.91. The molecule has 0 radical (unpaired) electrons. The van der Waals surface area contributed by atoms with Crippen LogP contribution in [0.15, 0.2) is 71.8 Å². The lowest BCUT2D eigenvalue weighted by molar-refractivity contribution is -0.384. The number of anilines is 2. The fourth-order valence-corrected chi connectivity index (χ4v) is 13.0. The van der Waals surface area contributed by atoms with Gasteiger partial charge in [0.15, 0.2) is 17.2 Å². The number of H-pyrrole nitrogens is 1. The Hall–Kier alpha value is -5.98. The number of likely N-dealkylation sites (tertiary alicyclic amines) is 1. The number of carbonyl (C=O) groups excluding carboxylic acids is 1. The molecule has 1 spiro atoms. The molecule has 3 aliphatic heterocycles. The smallest absolute Gasteiger partial charge is 0.297 e. The summed E-state index contributed by atoms with van der Waals surface area (Å²) in [5.74, 6) is -0.283. The number of ether oxygens (including phenoxy) is 3. The Balaban J connectivity index is 0.833. The van der Waals surface area contributed by atoms with Gasteiger partial charge in [-0.15, -0.1) is 0 Å². The fourth-order valence-electron chi connectivity index (χ4n) is 12.0. The quantitative estimate of drug-likeness (QED) is 0.0643. The largest absolute Gasteiger partial charge is 0.489 e. The molecule has 5 heterocycles. The van der Waals surface area contributed by atoms with Gasteiger partial charge in [-0.2, -0.15) is 4.98 Å². The van der Waals surface area contributed by atoms with Crippen LogP contribution in [0.4, 0.5) is 21.5 Å². The standard InChI is InChI=1S/C52H60FN7O9S/c1-3-67-50-46(26-39-40(53)27-54-48(39)56-50)69-44-23-33(58-21-19-52(20-22-58)29-59(30-52)42-10-6-9-37(42)36-8-5-4-7-35(36)31-11-12-31)13-14-38(44)49(61)57-70(65,66)34-24-43(60(63)64)47-45(25-34)68-28-41(55-47)32-15-17-51(2,62)18-16-32/h4-5,7-8,13-14,23-27,31-32,37,41-42,55,62H,3,6,9-12,15-22,28-30H2,1-2H3,(H,54,56)(H,57,61)/t32?,37-,41-,42?,51?/m1/s1. The Kier molecular flexibility index (Phi) is 11.9. The van der Waals surface area contributed by atoms with E-state index in [2.05, 4.69) is 54.1 Å². The molecule has 11 rings (SSSR count). The number of hydrogen-bond acceptors (Lipinski definition) is 13. The molecule has 5 aromatic rings. The highest BCUT2D eigenvalue weighted by Crippen LogP contribution is 2.51. The number of nitro benzene ring substituents is 1. The monoisotopic (exact) mass is 977 g/mol. The molecule has 2 saturated heterocycles. The van der Waals surface area contributed by atoms with Crippen LogP contribution < -0.4 is 29.1 Å². The first kappa shape index (κ1) is 46.4. The van der Waals surface area contributed by atoms with Crippen molar-refractivity contribution in [2.45, 2.75) is 119 Å². The van der Waals surface area contributed by atoms with E-state index in [-0.39, 0.29) is 76.0 Å². The van der Waals surface area contributed by atoms with Gasteiger partial charge in [0.1, 0.15) is 23.8 Å². The van der Waals surface area contributed by atoms with E-state index in [4.69, 9.17) is 14.2 Å². The van der Waals surface area contributed by atoms with E-state index in [1.54, 1.807) is 37.1 Å². The molecular weight excluding hydrogens is 918 g/mol. The van der Waals surface area contributed by atoms with Crippen molar-refractivity contribution in [1.82, 2.24) is 19.6 Å². The highest BCUT2D eigenvalue weighted by atomic mass is 32.2. The van der Waals surface area contributed by atoms with Gasteiger partial charge in [0.2, 0.25) is 0 Å².